The SMILES string of the molecule is CC1CCNCCC1NCc1ccccc1. The Balaban J connectivity index is 1.84. The fourth-order valence-corrected chi connectivity index (χ4v) is 2.35. The molecule has 1 aliphatic rings. The summed E-state index contributed by atoms with van der Waals surface area (Å²) in [5, 5.41) is 7.15. The Morgan fingerprint density at radius 2 is 1.94 bits per heavy atom. The molecule has 88 valence electrons. The molecule has 2 rings (SSSR count). The Morgan fingerprint density at radius 1 is 1.19 bits per heavy atom. The first-order valence-corrected chi connectivity index (χ1v) is 6.34. The monoisotopic (exact) mass is 218 g/mol. The molecule has 0 saturated carbocycles. The molecule has 0 aliphatic carbocycles. The van der Waals surface area contributed by atoms with Gasteiger partial charge >= 0.3 is 0 Å². The van der Waals surface area contributed by atoms with Crippen LogP contribution in [0.5, 0.6) is 0 Å². The number of benzene rings is 1. The van der Waals surface area contributed by atoms with Gasteiger partial charge in [-0.1, -0.05) is 37.3 Å². The van der Waals surface area contributed by atoms with Crippen LogP contribution in [0.3, 0.4) is 0 Å². The van der Waals surface area contributed by atoms with Crippen molar-refractivity contribution in [1.82, 2.24) is 10.6 Å². The zero-order chi connectivity index (χ0) is 11.2. The van der Waals surface area contributed by atoms with E-state index in [4.69, 9.17) is 0 Å². The molecule has 2 N–H and O–H groups in total. The zero-order valence-corrected chi connectivity index (χ0v) is 10.1. The van der Waals surface area contributed by atoms with Crippen molar-refractivity contribution in [2.45, 2.75) is 32.4 Å². The van der Waals surface area contributed by atoms with Gasteiger partial charge in [-0.25, -0.2) is 0 Å². The maximum absolute atomic E-state index is 3.69. The highest BCUT2D eigenvalue weighted by Gasteiger charge is 2.18. The van der Waals surface area contributed by atoms with Crippen molar-refractivity contribution in [3.63, 3.8) is 0 Å². The summed E-state index contributed by atoms with van der Waals surface area (Å²) in [6.45, 7) is 5.67. The van der Waals surface area contributed by atoms with Gasteiger partial charge in [-0.05, 0) is 37.4 Å². The summed E-state index contributed by atoms with van der Waals surface area (Å²) in [5.74, 6) is 0.777. The first-order valence-electron chi connectivity index (χ1n) is 6.34. The predicted octanol–water partition coefficient (Wildman–Crippen LogP) is 2.16. The van der Waals surface area contributed by atoms with Crippen LogP contribution in [0.4, 0.5) is 0 Å². The van der Waals surface area contributed by atoms with Crippen molar-refractivity contribution in [3.05, 3.63) is 35.9 Å². The smallest absolute Gasteiger partial charge is 0.0208 e. The molecule has 1 saturated heterocycles. The third-order valence-corrected chi connectivity index (χ3v) is 3.51. The van der Waals surface area contributed by atoms with Gasteiger partial charge in [0, 0.05) is 12.6 Å². The summed E-state index contributed by atoms with van der Waals surface area (Å²) in [5.41, 5.74) is 1.38. The average Bonchev–Trinajstić information content (AvgIpc) is 2.53. The molecule has 0 amide bonds. The van der Waals surface area contributed by atoms with Gasteiger partial charge in [0.2, 0.25) is 0 Å². The Bertz CT molecular complexity index is 297. The van der Waals surface area contributed by atoms with E-state index < -0.39 is 0 Å². The van der Waals surface area contributed by atoms with Crippen LogP contribution in [0.2, 0.25) is 0 Å². The van der Waals surface area contributed by atoms with E-state index in [9.17, 15) is 0 Å². The van der Waals surface area contributed by atoms with E-state index in [1.54, 1.807) is 0 Å². The summed E-state index contributed by atoms with van der Waals surface area (Å²) in [4.78, 5) is 0. The zero-order valence-electron chi connectivity index (χ0n) is 10.1. The van der Waals surface area contributed by atoms with Crippen LogP contribution in [0, 0.1) is 5.92 Å². The van der Waals surface area contributed by atoms with E-state index in [2.05, 4.69) is 47.9 Å². The first kappa shape index (κ1) is 11.6. The van der Waals surface area contributed by atoms with Crippen LogP contribution < -0.4 is 10.6 Å². The van der Waals surface area contributed by atoms with Crippen LogP contribution in [0.1, 0.15) is 25.3 Å². The molecule has 1 heterocycles. The lowest BCUT2D eigenvalue weighted by Crippen LogP contribution is -2.34. The molecule has 16 heavy (non-hydrogen) atoms. The second kappa shape index (κ2) is 6.02. The van der Waals surface area contributed by atoms with Gasteiger partial charge in [-0.2, -0.15) is 0 Å². The standard InChI is InChI=1S/C14H22N2/c1-12-7-9-15-10-8-14(12)16-11-13-5-3-2-4-6-13/h2-6,12,14-16H,7-11H2,1H3. The highest BCUT2D eigenvalue weighted by Crippen LogP contribution is 2.14. The lowest BCUT2D eigenvalue weighted by molar-refractivity contribution is 0.364. The van der Waals surface area contributed by atoms with E-state index in [0.717, 1.165) is 19.0 Å². The Morgan fingerprint density at radius 3 is 2.75 bits per heavy atom. The number of hydrogen-bond donors (Lipinski definition) is 2. The quantitative estimate of drug-likeness (QED) is 0.812. The molecule has 0 radical (unpaired) electrons. The summed E-state index contributed by atoms with van der Waals surface area (Å²) >= 11 is 0. The predicted molar refractivity (Wildman–Crippen MR) is 68.3 cm³/mol. The van der Waals surface area contributed by atoms with Gasteiger partial charge in [0.05, 0.1) is 0 Å². The van der Waals surface area contributed by atoms with Crippen molar-refractivity contribution in [3.8, 4) is 0 Å². The summed E-state index contributed by atoms with van der Waals surface area (Å²) in [7, 11) is 0. The van der Waals surface area contributed by atoms with Crippen LogP contribution in [0.15, 0.2) is 30.3 Å². The molecule has 2 nitrogen and oxygen atoms in total. The second-order valence-corrected chi connectivity index (χ2v) is 4.78. The second-order valence-electron chi connectivity index (χ2n) is 4.78. The molecular formula is C14H22N2. The highest BCUT2D eigenvalue weighted by molar-refractivity contribution is 5.14. The molecule has 2 atom stereocenters. The van der Waals surface area contributed by atoms with E-state index in [1.807, 2.05) is 0 Å². The lowest BCUT2D eigenvalue weighted by atomic mass is 9.97. The van der Waals surface area contributed by atoms with Gasteiger partial charge in [-0.3, -0.25) is 0 Å². The van der Waals surface area contributed by atoms with Gasteiger partial charge in [0.1, 0.15) is 0 Å². The molecule has 2 unspecified atom stereocenters. The van der Waals surface area contributed by atoms with Gasteiger partial charge < -0.3 is 10.6 Å². The number of rotatable bonds is 3. The van der Waals surface area contributed by atoms with Gasteiger partial charge in [0.25, 0.3) is 0 Å². The van der Waals surface area contributed by atoms with Gasteiger partial charge in [-0.15, -0.1) is 0 Å². The fourth-order valence-electron chi connectivity index (χ4n) is 2.35. The maximum atomic E-state index is 3.69. The average molecular weight is 218 g/mol. The minimum Gasteiger partial charge on any atom is -0.317 e. The van der Waals surface area contributed by atoms with Crippen molar-refractivity contribution in [1.29, 1.82) is 0 Å². The van der Waals surface area contributed by atoms with E-state index in [1.165, 1.54) is 24.9 Å². The summed E-state index contributed by atoms with van der Waals surface area (Å²) in [6.07, 6.45) is 2.53. The van der Waals surface area contributed by atoms with Crippen LogP contribution in [-0.2, 0) is 6.54 Å². The van der Waals surface area contributed by atoms with Crippen molar-refractivity contribution >= 4 is 0 Å². The third kappa shape index (κ3) is 3.32. The maximum Gasteiger partial charge on any atom is 0.0208 e. The molecular weight excluding hydrogens is 196 g/mol. The fraction of sp³-hybridized carbons (Fsp3) is 0.571. The number of nitrogens with one attached hydrogen (secondary N) is 2. The van der Waals surface area contributed by atoms with E-state index in [0.29, 0.717) is 6.04 Å². The molecule has 0 aromatic heterocycles. The Kier molecular flexibility index (Phi) is 4.37. The minimum atomic E-state index is 0.662. The van der Waals surface area contributed by atoms with Crippen molar-refractivity contribution in [2.75, 3.05) is 13.1 Å². The van der Waals surface area contributed by atoms with Crippen LogP contribution in [-0.4, -0.2) is 19.1 Å². The molecule has 2 heteroatoms. The lowest BCUT2D eigenvalue weighted by Gasteiger charge is -2.22. The number of hydrogen-bond acceptors (Lipinski definition) is 2. The van der Waals surface area contributed by atoms with Crippen LogP contribution >= 0.6 is 0 Å². The summed E-state index contributed by atoms with van der Waals surface area (Å²) < 4.78 is 0. The van der Waals surface area contributed by atoms with Crippen molar-refractivity contribution in [2.24, 2.45) is 5.92 Å². The van der Waals surface area contributed by atoms with E-state index in [-0.39, 0.29) is 0 Å². The summed E-state index contributed by atoms with van der Waals surface area (Å²) in [6, 6.07) is 11.3. The van der Waals surface area contributed by atoms with Crippen LogP contribution in [0.25, 0.3) is 0 Å². The topological polar surface area (TPSA) is 24.1 Å². The van der Waals surface area contributed by atoms with Gasteiger partial charge in [0.15, 0.2) is 0 Å². The molecule has 1 fully saturated rings. The Hall–Kier alpha value is -0.860. The van der Waals surface area contributed by atoms with Crippen molar-refractivity contribution < 1.29 is 0 Å². The first-order chi connectivity index (χ1) is 7.86. The molecule has 1 aromatic rings. The third-order valence-electron chi connectivity index (χ3n) is 3.51. The largest absolute Gasteiger partial charge is 0.317 e. The molecule has 1 aromatic carbocycles. The molecule has 0 spiro atoms. The molecule has 0 bridgehead atoms. The Labute approximate surface area is 98.4 Å². The van der Waals surface area contributed by atoms with E-state index >= 15 is 0 Å². The molecule has 1 aliphatic heterocycles. The highest BCUT2D eigenvalue weighted by atomic mass is 14.9. The minimum absolute atomic E-state index is 0.662. The normalized spacial score (nSPS) is 26.3.